The number of hydrogen-bond acceptors (Lipinski definition) is 0. The molecule has 0 radical (unpaired) electrons. The van der Waals surface area contributed by atoms with Gasteiger partial charge >= 0.3 is 0 Å². The van der Waals surface area contributed by atoms with Gasteiger partial charge in [0.15, 0.2) is 0 Å². The van der Waals surface area contributed by atoms with E-state index in [-0.39, 0.29) is 0 Å². The van der Waals surface area contributed by atoms with E-state index in [2.05, 4.69) is 6.58 Å². The van der Waals surface area contributed by atoms with E-state index in [9.17, 15) is 0 Å². The largest absolute Gasteiger partial charge is 0.0897 e. The van der Waals surface area contributed by atoms with Crippen LogP contribution in [0.5, 0.6) is 0 Å². The average molecular weight is 179 g/mol. The molecule has 12 heavy (non-hydrogen) atoms. The molecule has 1 rings (SSSR count). The topological polar surface area (TPSA) is 0 Å². The Kier molecular flexibility index (Phi) is 3.12. The summed E-state index contributed by atoms with van der Waals surface area (Å²) in [5.41, 5.74) is 1.94. The van der Waals surface area contributed by atoms with Gasteiger partial charge in [0.05, 0.1) is 0 Å². The summed E-state index contributed by atoms with van der Waals surface area (Å²) in [5.74, 6) is 0. The Hall–Kier alpha value is -1.01. The van der Waals surface area contributed by atoms with Crippen LogP contribution < -0.4 is 0 Å². The molecule has 0 N–H and O–H groups in total. The monoisotopic (exact) mass is 178 g/mol. The fourth-order valence-corrected chi connectivity index (χ4v) is 1.06. The fraction of sp³-hybridized carbons (Fsp3) is 0.0909. The normalized spacial score (nSPS) is 11.3. The Labute approximate surface area is 78.2 Å². The van der Waals surface area contributed by atoms with Gasteiger partial charge in [-0.3, -0.25) is 0 Å². The second kappa shape index (κ2) is 4.13. The van der Waals surface area contributed by atoms with Crippen LogP contribution in [0.25, 0.3) is 5.57 Å². The lowest BCUT2D eigenvalue weighted by Crippen LogP contribution is -1.80. The summed E-state index contributed by atoms with van der Waals surface area (Å²) < 4.78 is 0. The fourth-order valence-electron chi connectivity index (χ4n) is 0.951. The molecule has 1 aromatic rings. The van der Waals surface area contributed by atoms with E-state index in [0.29, 0.717) is 5.03 Å². The highest BCUT2D eigenvalue weighted by molar-refractivity contribution is 6.36. The van der Waals surface area contributed by atoms with Crippen molar-refractivity contribution in [3.05, 3.63) is 53.6 Å². The highest BCUT2D eigenvalue weighted by Gasteiger charge is 1.99. The molecule has 0 amide bonds. The van der Waals surface area contributed by atoms with Crippen LogP contribution in [0.15, 0.2) is 48.0 Å². The van der Waals surface area contributed by atoms with Crippen molar-refractivity contribution in [2.45, 2.75) is 6.92 Å². The lowest BCUT2D eigenvalue weighted by molar-refractivity contribution is 1.60. The Bertz CT molecular complexity index is 296. The van der Waals surface area contributed by atoms with Crippen LogP contribution in [-0.4, -0.2) is 0 Å². The van der Waals surface area contributed by atoms with Crippen LogP contribution >= 0.6 is 11.6 Å². The summed E-state index contributed by atoms with van der Waals surface area (Å²) >= 11 is 5.91. The number of halogens is 1. The maximum atomic E-state index is 5.91. The number of rotatable bonds is 2. The molecule has 0 saturated carbocycles. The molecule has 0 aliphatic rings. The molecule has 0 aromatic heterocycles. The van der Waals surface area contributed by atoms with Gasteiger partial charge in [-0.25, -0.2) is 0 Å². The first-order chi connectivity index (χ1) is 5.75. The van der Waals surface area contributed by atoms with Crippen LogP contribution in [0.4, 0.5) is 0 Å². The lowest BCUT2D eigenvalue weighted by atomic mass is 10.1. The minimum atomic E-state index is 0.709. The van der Waals surface area contributed by atoms with E-state index in [1.807, 2.05) is 43.3 Å². The molecule has 0 nitrogen and oxygen atoms in total. The summed E-state index contributed by atoms with van der Waals surface area (Å²) in [7, 11) is 0. The van der Waals surface area contributed by atoms with Crippen LogP contribution in [-0.2, 0) is 0 Å². The molecule has 0 aliphatic heterocycles. The van der Waals surface area contributed by atoms with Crippen molar-refractivity contribution in [2.75, 3.05) is 0 Å². The summed E-state index contributed by atoms with van der Waals surface area (Å²) in [6.07, 6.45) is 1.84. The van der Waals surface area contributed by atoms with Gasteiger partial charge in [-0.2, -0.15) is 0 Å². The maximum Gasteiger partial charge on any atom is 0.0435 e. The molecule has 0 unspecified atom stereocenters. The van der Waals surface area contributed by atoms with E-state index in [1.165, 1.54) is 0 Å². The van der Waals surface area contributed by atoms with Crippen molar-refractivity contribution in [3.63, 3.8) is 0 Å². The Morgan fingerprint density at radius 1 is 1.33 bits per heavy atom. The minimum Gasteiger partial charge on any atom is -0.0897 e. The number of allylic oxidation sites excluding steroid dienone is 3. The molecule has 0 heterocycles. The van der Waals surface area contributed by atoms with Gasteiger partial charge < -0.3 is 0 Å². The molecule has 0 bridgehead atoms. The first kappa shape index (κ1) is 9.08. The van der Waals surface area contributed by atoms with Gasteiger partial charge in [0.1, 0.15) is 0 Å². The van der Waals surface area contributed by atoms with Gasteiger partial charge in [0.2, 0.25) is 0 Å². The highest BCUT2D eigenvalue weighted by Crippen LogP contribution is 2.23. The zero-order chi connectivity index (χ0) is 8.97. The zero-order valence-corrected chi connectivity index (χ0v) is 7.81. The smallest absolute Gasteiger partial charge is 0.0435 e. The average Bonchev–Trinajstić information content (AvgIpc) is 2.17. The molecule has 1 heteroatoms. The van der Waals surface area contributed by atoms with Crippen molar-refractivity contribution in [3.8, 4) is 0 Å². The molecule has 0 spiro atoms. The van der Waals surface area contributed by atoms with Gasteiger partial charge in [0.25, 0.3) is 0 Å². The van der Waals surface area contributed by atoms with Gasteiger partial charge in [-0.15, -0.1) is 0 Å². The van der Waals surface area contributed by atoms with Crippen molar-refractivity contribution in [1.29, 1.82) is 0 Å². The van der Waals surface area contributed by atoms with Crippen molar-refractivity contribution in [2.24, 2.45) is 0 Å². The van der Waals surface area contributed by atoms with E-state index in [1.54, 1.807) is 0 Å². The van der Waals surface area contributed by atoms with E-state index in [0.717, 1.165) is 11.1 Å². The van der Waals surface area contributed by atoms with E-state index in [4.69, 9.17) is 11.6 Å². The molecule has 0 aliphatic carbocycles. The van der Waals surface area contributed by atoms with E-state index < -0.39 is 0 Å². The third-order valence-electron chi connectivity index (χ3n) is 1.66. The molecular weight excluding hydrogens is 168 g/mol. The number of hydrogen-bond donors (Lipinski definition) is 0. The predicted molar refractivity (Wildman–Crippen MR) is 55.1 cm³/mol. The van der Waals surface area contributed by atoms with Crippen LogP contribution in [0.3, 0.4) is 0 Å². The minimum absolute atomic E-state index is 0.709. The van der Waals surface area contributed by atoms with Crippen molar-refractivity contribution in [1.82, 2.24) is 0 Å². The summed E-state index contributed by atoms with van der Waals surface area (Å²) in [4.78, 5) is 0. The van der Waals surface area contributed by atoms with Crippen LogP contribution in [0, 0.1) is 0 Å². The summed E-state index contributed by atoms with van der Waals surface area (Å²) in [6.45, 7) is 5.79. The molecule has 62 valence electrons. The second-order valence-corrected chi connectivity index (χ2v) is 2.89. The Morgan fingerprint density at radius 3 is 2.42 bits per heavy atom. The third-order valence-corrected chi connectivity index (χ3v) is 2.11. The van der Waals surface area contributed by atoms with Gasteiger partial charge in [-0.05, 0) is 18.1 Å². The SMILES string of the molecule is C=C(C(Cl)=CC)c1ccccc1. The van der Waals surface area contributed by atoms with Crippen molar-refractivity contribution < 1.29 is 0 Å². The highest BCUT2D eigenvalue weighted by atomic mass is 35.5. The molecule has 1 aromatic carbocycles. The van der Waals surface area contributed by atoms with E-state index >= 15 is 0 Å². The predicted octanol–water partition coefficient (Wildman–Crippen LogP) is 3.84. The molecule has 0 saturated heterocycles. The summed E-state index contributed by atoms with van der Waals surface area (Å²) in [6, 6.07) is 9.91. The third kappa shape index (κ3) is 1.99. The molecule has 0 fully saturated rings. The first-order valence-electron chi connectivity index (χ1n) is 3.82. The second-order valence-electron chi connectivity index (χ2n) is 2.48. The van der Waals surface area contributed by atoms with Gasteiger partial charge in [-0.1, -0.05) is 54.6 Å². The van der Waals surface area contributed by atoms with Gasteiger partial charge in [0, 0.05) is 5.03 Å². The Balaban J connectivity index is 2.94. The quantitative estimate of drug-likeness (QED) is 0.604. The first-order valence-corrected chi connectivity index (χ1v) is 4.20. The number of benzene rings is 1. The van der Waals surface area contributed by atoms with Crippen LogP contribution in [0.2, 0.25) is 0 Å². The van der Waals surface area contributed by atoms with Crippen molar-refractivity contribution >= 4 is 17.2 Å². The standard InChI is InChI=1S/C11H11Cl/c1-3-11(12)9(2)10-7-5-4-6-8-10/h3-8H,2H2,1H3. The zero-order valence-electron chi connectivity index (χ0n) is 7.05. The lowest BCUT2D eigenvalue weighted by Gasteiger charge is -2.02. The Morgan fingerprint density at radius 2 is 1.92 bits per heavy atom. The summed E-state index contributed by atoms with van der Waals surface area (Å²) in [5, 5.41) is 0.709. The van der Waals surface area contributed by atoms with Crippen LogP contribution in [0.1, 0.15) is 12.5 Å². The maximum absolute atomic E-state index is 5.91. The molecule has 0 atom stereocenters. The molecular formula is C11H11Cl.